The minimum Gasteiger partial charge on any atom is -0.545 e. The van der Waals surface area contributed by atoms with Gasteiger partial charge < -0.3 is 19.4 Å². The van der Waals surface area contributed by atoms with Crippen molar-refractivity contribution < 1.29 is 59.3 Å². The molecular weight excluding hydrogens is 680 g/mol. The number of amides is 1. The van der Waals surface area contributed by atoms with Crippen LogP contribution in [0.2, 0.25) is 0 Å². The second-order valence-electron chi connectivity index (χ2n) is 13.1. The summed E-state index contributed by atoms with van der Waals surface area (Å²) in [5.74, 6) is -5.03. The smallest absolute Gasteiger partial charge is 0.416 e. The average molecular weight is 712 g/mol. The second-order valence-corrected chi connectivity index (χ2v) is 13.1. The third-order valence-corrected chi connectivity index (χ3v) is 9.76. The number of carbonyl (C=O) groups is 2. The molecule has 0 bridgehead atoms. The lowest BCUT2D eigenvalue weighted by molar-refractivity contribution is -0.255. The van der Waals surface area contributed by atoms with Gasteiger partial charge in [0.1, 0.15) is 11.9 Å². The van der Waals surface area contributed by atoms with Gasteiger partial charge in [-0.25, -0.2) is 13.6 Å². The summed E-state index contributed by atoms with van der Waals surface area (Å²) in [6.45, 7) is 7.22. The van der Waals surface area contributed by atoms with Gasteiger partial charge in [-0.05, 0) is 84.2 Å². The number of hydrogen-bond acceptors (Lipinski definition) is 6. The molecule has 1 aliphatic heterocycles. The van der Waals surface area contributed by atoms with E-state index in [0.29, 0.717) is 41.7 Å². The number of halogens is 8. The highest BCUT2D eigenvalue weighted by Gasteiger charge is 2.45. The van der Waals surface area contributed by atoms with Crippen LogP contribution >= 0.6 is 0 Å². The lowest BCUT2D eigenvalue weighted by atomic mass is 9.65. The predicted octanol–water partition coefficient (Wildman–Crippen LogP) is 8.23. The Kier molecular flexibility index (Phi) is 9.43. The van der Waals surface area contributed by atoms with Gasteiger partial charge >= 0.3 is 18.4 Å². The largest absolute Gasteiger partial charge is 0.545 e. The zero-order valence-corrected chi connectivity index (χ0v) is 27.4. The highest BCUT2D eigenvalue weighted by Crippen LogP contribution is 2.50. The number of carbonyl (C=O) groups excluding carboxylic acids is 2. The fraction of sp³-hybridized carbons (Fsp3) is 0.400. The van der Waals surface area contributed by atoms with Gasteiger partial charge in [0.05, 0.1) is 42.1 Å². The number of aromatic nitrogens is 1. The number of pyridine rings is 1. The summed E-state index contributed by atoms with van der Waals surface area (Å²) in [6, 6.07) is 3.40. The fourth-order valence-corrected chi connectivity index (χ4v) is 6.48. The van der Waals surface area contributed by atoms with Gasteiger partial charge in [0, 0.05) is 23.2 Å². The monoisotopic (exact) mass is 711 g/mol. The normalized spacial score (nSPS) is 21.0. The summed E-state index contributed by atoms with van der Waals surface area (Å²) in [6.07, 6.45) is -10.3. The Labute approximate surface area is 281 Å². The van der Waals surface area contributed by atoms with Gasteiger partial charge in [0.25, 0.3) is 0 Å². The Bertz CT molecular complexity index is 1850. The van der Waals surface area contributed by atoms with Crippen LogP contribution in [0.5, 0.6) is 5.75 Å². The maximum absolute atomic E-state index is 15.1. The molecule has 1 amide bonds. The van der Waals surface area contributed by atoms with Gasteiger partial charge in [-0.1, -0.05) is 20.8 Å². The molecular formula is C35H31F8N2O5-. The molecule has 2 heterocycles. The lowest BCUT2D eigenvalue weighted by Gasteiger charge is -2.41. The quantitative estimate of drug-likeness (QED) is 0.230. The molecule has 7 nitrogen and oxygen atoms in total. The van der Waals surface area contributed by atoms with Crippen molar-refractivity contribution >= 4 is 17.6 Å². The summed E-state index contributed by atoms with van der Waals surface area (Å²) in [7, 11) is 1.36. The SMILES string of the molecule is COc1cnc(-c2ccc(C(=O)[O-])c(F)c2F)cc1C1=C(CN2C(=O)O[C@H](c3cc(C(F)(F)F)cc(C(F)(F)F)c3)[C@@H]2C)C(C)C(C)(C)CC1. The number of ether oxygens (including phenoxy) is 2. The Hall–Kier alpha value is -4.69. The van der Waals surface area contributed by atoms with Crippen LogP contribution in [-0.2, 0) is 17.1 Å². The molecule has 1 aromatic heterocycles. The van der Waals surface area contributed by atoms with Crippen LogP contribution in [0.3, 0.4) is 0 Å². The van der Waals surface area contributed by atoms with Crippen LogP contribution < -0.4 is 9.84 Å². The summed E-state index contributed by atoms with van der Waals surface area (Å²) in [5, 5.41) is 11.2. The molecule has 0 radical (unpaired) electrons. The Morgan fingerprint density at radius 2 is 1.62 bits per heavy atom. The molecule has 5 rings (SSSR count). The molecule has 1 saturated heterocycles. The van der Waals surface area contributed by atoms with E-state index in [0.717, 1.165) is 12.1 Å². The molecule has 1 fully saturated rings. The number of carboxylic acids is 1. The molecule has 0 spiro atoms. The number of aromatic carboxylic acids is 1. The summed E-state index contributed by atoms with van der Waals surface area (Å²) in [4.78, 5) is 29.9. The second kappa shape index (κ2) is 12.9. The molecule has 2 aromatic carbocycles. The van der Waals surface area contributed by atoms with Crippen molar-refractivity contribution in [2.75, 3.05) is 13.7 Å². The van der Waals surface area contributed by atoms with E-state index < -0.39 is 70.4 Å². The summed E-state index contributed by atoms with van der Waals surface area (Å²) >= 11 is 0. The summed E-state index contributed by atoms with van der Waals surface area (Å²) in [5.41, 5.74) is -3.56. The first kappa shape index (κ1) is 36.6. The van der Waals surface area contributed by atoms with E-state index in [1.165, 1.54) is 31.2 Å². The Morgan fingerprint density at radius 1 is 1.00 bits per heavy atom. The standard InChI is InChI=1S/C35H32F8N2O5/c1-16-25(15-45-17(2)30(50-32(45)48)18-10-19(34(38,39)40)12-20(11-18)35(41,42)43)21(8-9-33(16,3)4)24-13-26(44-14-27(24)49-5)22-6-7-23(31(46)47)29(37)28(22)36/h6-7,10-14,16-17,30H,8-9,15H2,1-5H3,(H,46,47)/p-1/t16?,17-,30-/m0/s1. The predicted molar refractivity (Wildman–Crippen MR) is 161 cm³/mol. The number of nitrogens with zero attached hydrogens (tertiary/aromatic N) is 2. The first-order valence-corrected chi connectivity index (χ1v) is 15.4. The molecule has 15 heteroatoms. The topological polar surface area (TPSA) is 91.8 Å². The number of methoxy groups -OCH3 is 1. The average Bonchev–Trinajstić information content (AvgIpc) is 3.31. The number of allylic oxidation sites excluding steroid dienone is 1. The minimum absolute atomic E-state index is 0.0000754. The molecule has 3 atom stereocenters. The number of cyclic esters (lactones) is 1. The van der Waals surface area contributed by atoms with E-state index in [4.69, 9.17) is 9.47 Å². The molecule has 3 aromatic rings. The lowest BCUT2D eigenvalue weighted by Crippen LogP contribution is -2.38. The Balaban J connectivity index is 1.60. The highest BCUT2D eigenvalue weighted by atomic mass is 19.4. The first-order valence-electron chi connectivity index (χ1n) is 15.4. The fourth-order valence-electron chi connectivity index (χ4n) is 6.48. The zero-order chi connectivity index (χ0) is 37.1. The number of carboxylic acid groups (broad SMARTS) is 1. The number of hydrogen-bond donors (Lipinski definition) is 0. The van der Waals surface area contributed by atoms with Gasteiger partial charge in [-0.3, -0.25) is 9.88 Å². The van der Waals surface area contributed by atoms with Crippen LogP contribution in [0.25, 0.3) is 16.8 Å². The maximum Gasteiger partial charge on any atom is 0.416 e. The van der Waals surface area contributed by atoms with Crippen LogP contribution in [-0.4, -0.2) is 41.6 Å². The van der Waals surface area contributed by atoms with Gasteiger partial charge in [0.2, 0.25) is 0 Å². The van der Waals surface area contributed by atoms with Crippen molar-refractivity contribution in [1.82, 2.24) is 9.88 Å². The van der Waals surface area contributed by atoms with E-state index in [9.17, 15) is 45.4 Å². The van der Waals surface area contributed by atoms with E-state index in [1.807, 2.05) is 20.8 Å². The van der Waals surface area contributed by atoms with Crippen molar-refractivity contribution in [2.45, 2.75) is 65.0 Å². The molecule has 1 unspecified atom stereocenters. The number of alkyl halides is 6. The van der Waals surface area contributed by atoms with Gasteiger partial charge in [-0.15, -0.1) is 0 Å². The van der Waals surface area contributed by atoms with Gasteiger partial charge in [0.15, 0.2) is 11.6 Å². The molecule has 2 aliphatic rings. The van der Waals surface area contributed by atoms with E-state index in [-0.39, 0.29) is 41.0 Å². The highest BCUT2D eigenvalue weighted by molar-refractivity contribution is 5.87. The van der Waals surface area contributed by atoms with Crippen LogP contribution in [0.1, 0.15) is 79.3 Å². The van der Waals surface area contributed by atoms with Crippen molar-refractivity contribution in [2.24, 2.45) is 11.3 Å². The molecule has 0 N–H and O–H groups in total. The zero-order valence-electron chi connectivity index (χ0n) is 27.4. The van der Waals surface area contributed by atoms with Crippen molar-refractivity contribution in [3.8, 4) is 17.0 Å². The minimum atomic E-state index is -5.10. The van der Waals surface area contributed by atoms with E-state index in [2.05, 4.69) is 4.98 Å². The molecule has 1 aliphatic carbocycles. The molecule has 50 heavy (non-hydrogen) atoms. The van der Waals surface area contributed by atoms with Crippen LogP contribution in [0, 0.1) is 23.0 Å². The van der Waals surface area contributed by atoms with Crippen molar-refractivity contribution in [3.63, 3.8) is 0 Å². The van der Waals surface area contributed by atoms with Crippen LogP contribution in [0.15, 0.2) is 48.2 Å². The van der Waals surface area contributed by atoms with E-state index >= 15 is 4.39 Å². The third-order valence-electron chi connectivity index (χ3n) is 9.76. The summed E-state index contributed by atoms with van der Waals surface area (Å²) < 4.78 is 122. The van der Waals surface area contributed by atoms with Crippen LogP contribution in [0.4, 0.5) is 39.9 Å². The third kappa shape index (κ3) is 6.73. The maximum atomic E-state index is 15.1. The first-order chi connectivity index (χ1) is 23.1. The van der Waals surface area contributed by atoms with Crippen molar-refractivity contribution in [1.29, 1.82) is 0 Å². The molecule has 268 valence electrons. The van der Waals surface area contributed by atoms with E-state index in [1.54, 1.807) is 0 Å². The van der Waals surface area contributed by atoms with Crippen molar-refractivity contribution in [3.05, 3.63) is 87.6 Å². The Morgan fingerprint density at radius 3 is 2.18 bits per heavy atom. The molecule has 0 saturated carbocycles. The van der Waals surface area contributed by atoms with Gasteiger partial charge in [-0.2, -0.15) is 26.3 Å². The number of rotatable bonds is 7. The number of benzene rings is 2.